The van der Waals surface area contributed by atoms with Gasteiger partial charge >= 0.3 is 0 Å². The molecule has 0 bridgehead atoms. The number of aromatic nitrogens is 2. The second kappa shape index (κ2) is 13.7. The average molecular weight is 552 g/mol. The number of nitrogens with two attached hydrogens (primary N) is 1. The monoisotopic (exact) mass is 551 g/mol. The minimum atomic E-state index is -0.185. The van der Waals surface area contributed by atoms with E-state index in [1.807, 2.05) is 17.0 Å². The van der Waals surface area contributed by atoms with Crippen LogP contribution in [0.1, 0.15) is 31.7 Å². The molecule has 11 heteroatoms. The Morgan fingerprint density at radius 3 is 2.55 bits per heavy atom. The minimum absolute atomic E-state index is 0.185. The van der Waals surface area contributed by atoms with Crippen LogP contribution in [-0.4, -0.2) is 97.5 Å². The molecule has 3 aliphatic rings. The van der Waals surface area contributed by atoms with Crippen molar-refractivity contribution < 1.29 is 19.1 Å². The fourth-order valence-corrected chi connectivity index (χ4v) is 5.72. The van der Waals surface area contributed by atoms with Crippen LogP contribution in [0.2, 0.25) is 0 Å². The molecule has 2 aromatic heterocycles. The van der Waals surface area contributed by atoms with E-state index in [4.69, 9.17) is 4.74 Å². The summed E-state index contributed by atoms with van der Waals surface area (Å²) in [6, 6.07) is 6.14. The van der Waals surface area contributed by atoms with Gasteiger partial charge in [-0.1, -0.05) is 6.92 Å². The number of rotatable bonds is 5. The number of ether oxygens (including phenoxy) is 1. The smallest absolute Gasteiger partial charge is 0.236 e. The van der Waals surface area contributed by atoms with Gasteiger partial charge in [-0.2, -0.15) is 0 Å². The van der Waals surface area contributed by atoms with E-state index in [1.54, 1.807) is 12.4 Å². The second-order valence-electron chi connectivity index (χ2n) is 10.3. The van der Waals surface area contributed by atoms with Crippen molar-refractivity contribution in [1.82, 2.24) is 25.1 Å². The first-order chi connectivity index (χ1) is 19.5. The molecule has 3 aliphatic heterocycles. The highest BCUT2D eigenvalue weighted by Gasteiger charge is 2.45. The predicted octanol–water partition coefficient (Wildman–Crippen LogP) is 1.87. The van der Waals surface area contributed by atoms with Crippen LogP contribution in [0.15, 0.2) is 30.6 Å². The molecule has 0 saturated carbocycles. The maximum atomic E-state index is 12.3. The fourth-order valence-electron chi connectivity index (χ4n) is 5.72. The van der Waals surface area contributed by atoms with Crippen LogP contribution < -0.4 is 16.4 Å². The Morgan fingerprint density at radius 1 is 1.15 bits per heavy atom. The summed E-state index contributed by atoms with van der Waals surface area (Å²) in [6.45, 7) is 7.93. The Balaban J connectivity index is 0.000000175. The van der Waals surface area contributed by atoms with Gasteiger partial charge in [-0.15, -0.1) is 0 Å². The summed E-state index contributed by atoms with van der Waals surface area (Å²) in [5.41, 5.74) is 8.26. The van der Waals surface area contributed by atoms with Crippen molar-refractivity contribution in [2.24, 2.45) is 11.1 Å². The van der Waals surface area contributed by atoms with Crippen LogP contribution >= 0.6 is 0 Å². The second-order valence-corrected chi connectivity index (χ2v) is 10.3. The zero-order valence-electron chi connectivity index (χ0n) is 23.5. The number of H-pyrrole nitrogens is 1. The third-order valence-corrected chi connectivity index (χ3v) is 8.10. The van der Waals surface area contributed by atoms with Crippen molar-refractivity contribution in [3.05, 3.63) is 36.2 Å². The number of carbonyl (C=O) groups is 3. The number of aryl methyl sites for hydroxylation is 1. The number of carbonyl (C=O) groups excluding carboxylic acids is 3. The SMILES string of the molecule is CCc1cc(NC=O)c2[nH]c3cnccc3c2c1.CN.O=C(CN1CCOCC1)N1CCC2(CCNC2=O)CC1. The van der Waals surface area contributed by atoms with E-state index in [-0.39, 0.29) is 17.2 Å². The van der Waals surface area contributed by atoms with Crippen LogP contribution in [-0.2, 0) is 25.5 Å². The molecule has 6 rings (SSSR count). The van der Waals surface area contributed by atoms with Crippen molar-refractivity contribution in [1.29, 1.82) is 0 Å². The Hall–Kier alpha value is -3.54. The fraction of sp³-hybridized carbons (Fsp3) is 0.517. The number of aromatic amines is 1. The van der Waals surface area contributed by atoms with Gasteiger partial charge in [-0.3, -0.25) is 24.3 Å². The van der Waals surface area contributed by atoms with Gasteiger partial charge in [0.2, 0.25) is 18.2 Å². The Morgan fingerprint density at radius 2 is 1.90 bits per heavy atom. The quantitative estimate of drug-likeness (QED) is 0.354. The lowest BCUT2D eigenvalue weighted by molar-refractivity contribution is -0.139. The topological polar surface area (TPSA) is 146 Å². The molecule has 3 fully saturated rings. The molecule has 216 valence electrons. The lowest BCUT2D eigenvalue weighted by Gasteiger charge is -2.38. The Kier molecular flexibility index (Phi) is 10.1. The number of hydrogen-bond donors (Lipinski definition) is 4. The molecule has 40 heavy (non-hydrogen) atoms. The molecule has 0 unspecified atom stereocenters. The molecular weight excluding hydrogens is 510 g/mol. The van der Waals surface area contributed by atoms with Crippen molar-refractivity contribution in [2.45, 2.75) is 32.6 Å². The Labute approximate surface area is 234 Å². The van der Waals surface area contributed by atoms with E-state index in [9.17, 15) is 14.4 Å². The third kappa shape index (κ3) is 6.43. The summed E-state index contributed by atoms with van der Waals surface area (Å²) in [5.74, 6) is 0.387. The first-order valence-corrected chi connectivity index (χ1v) is 14.1. The molecular formula is C29H41N7O4. The van der Waals surface area contributed by atoms with Crippen molar-refractivity contribution in [3.8, 4) is 0 Å². The third-order valence-electron chi connectivity index (χ3n) is 8.10. The molecule has 0 atom stereocenters. The highest BCUT2D eigenvalue weighted by atomic mass is 16.5. The number of likely N-dealkylation sites (tertiary alicyclic amines) is 1. The van der Waals surface area contributed by atoms with Crippen LogP contribution in [0.4, 0.5) is 5.69 Å². The molecule has 1 spiro atoms. The van der Waals surface area contributed by atoms with Gasteiger partial charge in [0, 0.05) is 49.7 Å². The zero-order valence-corrected chi connectivity index (χ0v) is 23.5. The van der Waals surface area contributed by atoms with Gasteiger partial charge in [0.05, 0.1) is 48.1 Å². The predicted molar refractivity (Wildman–Crippen MR) is 156 cm³/mol. The normalized spacial score (nSPS) is 18.5. The molecule has 3 amide bonds. The Bertz CT molecular complexity index is 1310. The summed E-state index contributed by atoms with van der Waals surface area (Å²) in [4.78, 5) is 46.4. The van der Waals surface area contributed by atoms with E-state index in [1.165, 1.54) is 12.6 Å². The van der Waals surface area contributed by atoms with Crippen molar-refractivity contribution in [3.63, 3.8) is 0 Å². The summed E-state index contributed by atoms with van der Waals surface area (Å²) >= 11 is 0. The number of nitrogens with one attached hydrogen (secondary N) is 3. The highest BCUT2D eigenvalue weighted by molar-refractivity contribution is 6.12. The summed E-state index contributed by atoms with van der Waals surface area (Å²) < 4.78 is 5.29. The van der Waals surface area contributed by atoms with E-state index in [0.717, 1.165) is 99.1 Å². The van der Waals surface area contributed by atoms with Crippen LogP contribution in [0, 0.1) is 5.41 Å². The molecule has 1 aromatic carbocycles. The largest absolute Gasteiger partial charge is 0.379 e. The van der Waals surface area contributed by atoms with Gasteiger partial charge in [-0.25, -0.2) is 0 Å². The average Bonchev–Trinajstić information content (AvgIpc) is 3.55. The number of amides is 3. The number of pyridine rings is 1. The molecule has 11 nitrogen and oxygen atoms in total. The maximum absolute atomic E-state index is 12.3. The summed E-state index contributed by atoms with van der Waals surface area (Å²) in [6.07, 6.45) is 7.77. The van der Waals surface area contributed by atoms with Crippen LogP contribution in [0.25, 0.3) is 21.8 Å². The van der Waals surface area contributed by atoms with Gasteiger partial charge in [0.25, 0.3) is 0 Å². The van der Waals surface area contributed by atoms with E-state index in [0.29, 0.717) is 13.0 Å². The van der Waals surface area contributed by atoms with Crippen LogP contribution in [0.3, 0.4) is 0 Å². The zero-order chi connectivity index (χ0) is 28.5. The van der Waals surface area contributed by atoms with Gasteiger partial charge < -0.3 is 31.0 Å². The molecule has 0 aliphatic carbocycles. The number of fused-ring (bicyclic) bond motifs is 3. The number of morpholine rings is 1. The van der Waals surface area contributed by atoms with Crippen molar-refractivity contribution in [2.75, 3.05) is 64.8 Å². The van der Waals surface area contributed by atoms with Gasteiger partial charge in [0.15, 0.2) is 0 Å². The molecule has 5 N–H and O–H groups in total. The highest BCUT2D eigenvalue weighted by Crippen LogP contribution is 2.38. The lowest BCUT2D eigenvalue weighted by Crippen LogP contribution is -2.50. The van der Waals surface area contributed by atoms with Crippen molar-refractivity contribution >= 4 is 45.7 Å². The summed E-state index contributed by atoms with van der Waals surface area (Å²) in [5, 5.41) is 7.93. The van der Waals surface area contributed by atoms with E-state index >= 15 is 0 Å². The van der Waals surface area contributed by atoms with Gasteiger partial charge in [-0.05, 0) is 56.5 Å². The first kappa shape index (κ1) is 29.4. The lowest BCUT2D eigenvalue weighted by atomic mass is 9.77. The number of hydrogen-bond acceptors (Lipinski definition) is 7. The molecule has 3 aromatic rings. The first-order valence-electron chi connectivity index (χ1n) is 14.1. The number of piperidine rings is 1. The molecule has 5 heterocycles. The van der Waals surface area contributed by atoms with E-state index < -0.39 is 0 Å². The van der Waals surface area contributed by atoms with Crippen LogP contribution in [0.5, 0.6) is 0 Å². The van der Waals surface area contributed by atoms with E-state index in [2.05, 4.69) is 44.2 Å². The molecule has 0 radical (unpaired) electrons. The molecule has 3 saturated heterocycles. The number of anilines is 1. The number of benzene rings is 1. The standard InChI is InChI=1S/C14H23N3O3.C14H13N3O.CH5N/c18-12(11-16-7-9-20-10-8-16)17-5-2-14(3-6-17)1-4-15-13(14)19;1-2-9-5-11-10-3-4-15-7-13(10)17-14(11)12(6-9)16-8-18;1-2/h1-11H2,(H,15,19);3-8,17H,2H2,1H3,(H,16,18);2H2,1H3. The maximum Gasteiger partial charge on any atom is 0.236 e. The number of nitrogens with zero attached hydrogens (tertiary/aromatic N) is 3. The van der Waals surface area contributed by atoms with Gasteiger partial charge in [0.1, 0.15) is 0 Å². The summed E-state index contributed by atoms with van der Waals surface area (Å²) in [7, 11) is 1.50. The minimum Gasteiger partial charge on any atom is -0.379 e.